The molecule has 0 aromatic heterocycles. The summed E-state index contributed by atoms with van der Waals surface area (Å²) >= 11 is 0. The van der Waals surface area contributed by atoms with Crippen molar-refractivity contribution in [3.63, 3.8) is 0 Å². The van der Waals surface area contributed by atoms with E-state index in [2.05, 4.69) is 32.9 Å². The van der Waals surface area contributed by atoms with Crippen LogP contribution in [-0.4, -0.2) is 52.5 Å². The van der Waals surface area contributed by atoms with Crippen molar-refractivity contribution in [3.05, 3.63) is 46.5 Å². The molecule has 1 spiro atoms. The monoisotopic (exact) mass is 624 g/mol. The van der Waals surface area contributed by atoms with Gasteiger partial charge in [0.1, 0.15) is 5.60 Å². The zero-order valence-electron chi connectivity index (χ0n) is 26.1. The quantitative estimate of drug-likeness (QED) is 0.265. The first kappa shape index (κ1) is 31.1. The highest BCUT2D eigenvalue weighted by molar-refractivity contribution is 5.46. The topological polar surface area (TPSA) is 58.9 Å². The number of hydrogen-bond donors (Lipinski definition) is 2. The van der Waals surface area contributed by atoms with Crippen molar-refractivity contribution >= 4 is 0 Å². The van der Waals surface area contributed by atoms with Crippen LogP contribution in [0.1, 0.15) is 109 Å². The van der Waals surface area contributed by atoms with Gasteiger partial charge in [0.2, 0.25) is 0 Å². The van der Waals surface area contributed by atoms with Crippen molar-refractivity contribution in [2.45, 2.75) is 132 Å². The number of hydrogen-bond acceptors (Lipinski definition) is 4. The van der Waals surface area contributed by atoms with Crippen molar-refractivity contribution in [2.75, 3.05) is 13.2 Å². The molecule has 1 aliphatic heterocycles. The van der Waals surface area contributed by atoms with Gasteiger partial charge < -0.3 is 19.7 Å². The third kappa shape index (κ3) is 4.27. The summed E-state index contributed by atoms with van der Waals surface area (Å²) < 4.78 is 85.1. The SMILES string of the molecule is CC1(C)COC2(CCC3=C4C(CCC3(O)C2)C2CC[C@@](O)(C(F)(F)C(F)(F)F)[C@@]2(C)C[C@@H]4c2cccc(C3(C)CC3)c2)OC1. The standard InChI is InChI=1S/C35H45F5O4/c1-28(2)19-43-32(44-20-28)12-9-26-27-23(8-11-31(26,41)18-32)25-10-13-33(42,34(36,37)35(38,39)40)30(25,4)17-24(27)21-6-5-7-22(16-21)29(3)14-15-29/h5-7,16,23-25,41-42H,8-15,17-20H2,1-4H3/t23?,24-,25?,30+,31?,33+/m1/s1. The number of rotatable bonds is 3. The van der Waals surface area contributed by atoms with E-state index in [4.69, 9.17) is 9.47 Å². The Balaban J connectivity index is 1.35. The van der Waals surface area contributed by atoms with Gasteiger partial charge in [0.05, 0.1) is 18.8 Å². The molecule has 1 aromatic carbocycles. The molecule has 0 bridgehead atoms. The highest BCUT2D eigenvalue weighted by atomic mass is 19.4. The number of alkyl halides is 5. The van der Waals surface area contributed by atoms with E-state index in [1.54, 1.807) is 0 Å². The van der Waals surface area contributed by atoms with Crippen molar-refractivity contribution in [2.24, 2.45) is 22.7 Å². The predicted molar refractivity (Wildman–Crippen MR) is 154 cm³/mol. The van der Waals surface area contributed by atoms with E-state index < -0.39 is 52.8 Å². The third-order valence-corrected chi connectivity index (χ3v) is 12.9. The second kappa shape index (κ2) is 9.29. The summed E-state index contributed by atoms with van der Waals surface area (Å²) in [5.74, 6) is -7.53. The minimum Gasteiger partial charge on any atom is -0.385 e. The Morgan fingerprint density at radius 2 is 1.55 bits per heavy atom. The first-order chi connectivity index (χ1) is 20.3. The van der Waals surface area contributed by atoms with Gasteiger partial charge in [-0.2, -0.15) is 22.0 Å². The van der Waals surface area contributed by atoms with Crippen LogP contribution in [0.4, 0.5) is 22.0 Å². The Kier molecular flexibility index (Phi) is 6.56. The molecule has 1 heterocycles. The summed E-state index contributed by atoms with van der Waals surface area (Å²) in [6, 6.07) is 8.04. The Labute approximate surface area is 256 Å². The molecule has 244 valence electrons. The molecule has 1 aromatic rings. The molecule has 7 rings (SSSR count). The molecule has 2 N–H and O–H groups in total. The van der Waals surface area contributed by atoms with Crippen molar-refractivity contribution in [3.8, 4) is 0 Å². The number of fused-ring (bicyclic) bond motifs is 4. The maximum atomic E-state index is 15.4. The molecule has 3 unspecified atom stereocenters. The molecule has 5 fully saturated rings. The molecule has 6 aliphatic rings. The van der Waals surface area contributed by atoms with E-state index in [0.717, 1.165) is 35.1 Å². The molecule has 4 saturated carbocycles. The van der Waals surface area contributed by atoms with Crippen LogP contribution in [0.3, 0.4) is 0 Å². The van der Waals surface area contributed by atoms with E-state index in [-0.39, 0.29) is 36.0 Å². The minimum atomic E-state index is -5.87. The molecular weight excluding hydrogens is 579 g/mol. The lowest BCUT2D eigenvalue weighted by molar-refractivity contribution is -0.362. The van der Waals surface area contributed by atoms with Crippen molar-refractivity contribution in [1.82, 2.24) is 0 Å². The normalized spacial score (nSPS) is 40.8. The maximum Gasteiger partial charge on any atom is 0.456 e. The first-order valence-electron chi connectivity index (χ1n) is 16.3. The third-order valence-electron chi connectivity index (χ3n) is 12.9. The van der Waals surface area contributed by atoms with Crippen LogP contribution in [0.15, 0.2) is 35.4 Å². The van der Waals surface area contributed by atoms with Crippen LogP contribution in [-0.2, 0) is 14.9 Å². The van der Waals surface area contributed by atoms with E-state index in [1.807, 2.05) is 12.1 Å². The predicted octanol–water partition coefficient (Wildman–Crippen LogP) is 7.96. The summed E-state index contributed by atoms with van der Waals surface area (Å²) in [4.78, 5) is 0. The minimum absolute atomic E-state index is 0.0275. The summed E-state index contributed by atoms with van der Waals surface area (Å²) in [6.07, 6.45) is -2.28. The van der Waals surface area contributed by atoms with Crippen LogP contribution in [0.2, 0.25) is 0 Å². The molecule has 0 amide bonds. The highest BCUT2D eigenvalue weighted by Crippen LogP contribution is 2.71. The summed E-state index contributed by atoms with van der Waals surface area (Å²) in [5, 5.41) is 23.9. The fraction of sp³-hybridized carbons (Fsp3) is 0.771. The lowest BCUT2D eigenvalue weighted by Crippen LogP contribution is -2.65. The summed E-state index contributed by atoms with van der Waals surface area (Å²) in [7, 11) is 0. The first-order valence-corrected chi connectivity index (χ1v) is 16.3. The highest BCUT2D eigenvalue weighted by Gasteiger charge is 2.79. The summed E-state index contributed by atoms with van der Waals surface area (Å²) in [6.45, 7) is 8.81. The number of benzene rings is 1. The van der Waals surface area contributed by atoms with Gasteiger partial charge in [0.15, 0.2) is 5.79 Å². The van der Waals surface area contributed by atoms with E-state index >= 15 is 8.78 Å². The van der Waals surface area contributed by atoms with Crippen LogP contribution >= 0.6 is 0 Å². The van der Waals surface area contributed by atoms with Gasteiger partial charge in [0, 0.05) is 29.6 Å². The molecule has 9 heteroatoms. The fourth-order valence-electron chi connectivity index (χ4n) is 9.91. The zero-order valence-corrected chi connectivity index (χ0v) is 26.1. The number of aliphatic hydroxyl groups is 2. The Morgan fingerprint density at radius 1 is 0.864 bits per heavy atom. The molecule has 1 saturated heterocycles. The molecule has 0 radical (unpaired) electrons. The number of ether oxygens (including phenoxy) is 2. The fourth-order valence-corrected chi connectivity index (χ4v) is 9.91. The average molecular weight is 625 g/mol. The molecule has 44 heavy (non-hydrogen) atoms. The summed E-state index contributed by atoms with van der Waals surface area (Å²) in [5.41, 5.74) is -2.37. The van der Waals surface area contributed by atoms with E-state index in [1.165, 1.54) is 6.92 Å². The number of halogens is 5. The molecular formula is C35H45F5O4. The largest absolute Gasteiger partial charge is 0.456 e. The zero-order chi connectivity index (χ0) is 31.8. The second-order valence-electron chi connectivity index (χ2n) is 16.4. The van der Waals surface area contributed by atoms with Gasteiger partial charge in [-0.3, -0.25) is 0 Å². The van der Waals surface area contributed by atoms with Crippen molar-refractivity contribution in [1.29, 1.82) is 0 Å². The van der Waals surface area contributed by atoms with E-state index in [9.17, 15) is 23.4 Å². The van der Waals surface area contributed by atoms with Gasteiger partial charge in [-0.25, -0.2) is 0 Å². The van der Waals surface area contributed by atoms with Crippen LogP contribution in [0.5, 0.6) is 0 Å². The smallest absolute Gasteiger partial charge is 0.385 e. The Morgan fingerprint density at radius 3 is 2.18 bits per heavy atom. The number of allylic oxidation sites excluding steroid dienone is 1. The van der Waals surface area contributed by atoms with Gasteiger partial charge in [-0.15, -0.1) is 0 Å². The Hall–Kier alpha value is -1.55. The maximum absolute atomic E-state index is 15.4. The second-order valence-corrected chi connectivity index (χ2v) is 16.4. The van der Waals surface area contributed by atoms with Crippen LogP contribution in [0, 0.1) is 22.7 Å². The van der Waals surface area contributed by atoms with Crippen molar-refractivity contribution < 1.29 is 41.6 Å². The van der Waals surface area contributed by atoms with Gasteiger partial charge in [-0.05, 0) is 85.3 Å². The molecule has 4 nitrogen and oxygen atoms in total. The molecule has 5 aliphatic carbocycles. The van der Waals surface area contributed by atoms with Crippen LogP contribution in [0.25, 0.3) is 0 Å². The van der Waals surface area contributed by atoms with Crippen LogP contribution < -0.4 is 0 Å². The Bertz CT molecular complexity index is 1370. The van der Waals surface area contributed by atoms with E-state index in [0.29, 0.717) is 38.9 Å². The average Bonchev–Trinajstić information content (AvgIpc) is 3.64. The molecule has 6 atom stereocenters. The van der Waals surface area contributed by atoms with Gasteiger partial charge in [0.25, 0.3) is 0 Å². The lowest BCUT2D eigenvalue weighted by Gasteiger charge is -2.59. The van der Waals surface area contributed by atoms with Gasteiger partial charge in [-0.1, -0.05) is 57.5 Å². The lowest BCUT2D eigenvalue weighted by atomic mass is 9.49. The van der Waals surface area contributed by atoms with Gasteiger partial charge >= 0.3 is 12.1 Å².